The number of carbonyl (C=O) groups is 1. The first kappa shape index (κ1) is 14.6. The minimum Gasteiger partial charge on any atom is -0.465 e. The van der Waals surface area contributed by atoms with E-state index in [1.807, 2.05) is 48.5 Å². The topological polar surface area (TPSA) is 35.5 Å². The normalized spacial score (nSPS) is 10.5. The molecular weight excluding hydrogens is 344 g/mol. The number of hydrogen-bond acceptors (Lipinski definition) is 3. The van der Waals surface area contributed by atoms with Crippen LogP contribution in [0.1, 0.15) is 10.4 Å². The summed E-state index contributed by atoms with van der Waals surface area (Å²) in [6.07, 6.45) is 0. The Balaban J connectivity index is 2.07. The first-order chi connectivity index (χ1) is 10.7. The van der Waals surface area contributed by atoms with Gasteiger partial charge >= 0.3 is 5.97 Å². The standard InChI is InChI=1S/C18H13BrO3/c1-21-18(20)15-11-13(19)9-10-17(15)22-16-8-4-6-12-5-2-3-7-14(12)16/h2-11H,1H3. The van der Waals surface area contributed by atoms with Gasteiger partial charge in [-0.2, -0.15) is 0 Å². The first-order valence-electron chi connectivity index (χ1n) is 6.72. The fourth-order valence-electron chi connectivity index (χ4n) is 2.26. The van der Waals surface area contributed by atoms with Crippen LogP contribution in [0, 0.1) is 0 Å². The molecule has 0 bridgehead atoms. The number of ether oxygens (including phenoxy) is 2. The summed E-state index contributed by atoms with van der Waals surface area (Å²) in [6.45, 7) is 0. The van der Waals surface area contributed by atoms with Gasteiger partial charge < -0.3 is 9.47 Å². The van der Waals surface area contributed by atoms with E-state index in [4.69, 9.17) is 9.47 Å². The van der Waals surface area contributed by atoms with Crippen molar-refractivity contribution in [3.05, 3.63) is 70.7 Å². The first-order valence-corrected chi connectivity index (χ1v) is 7.52. The highest BCUT2D eigenvalue weighted by atomic mass is 79.9. The summed E-state index contributed by atoms with van der Waals surface area (Å²) in [4.78, 5) is 11.9. The van der Waals surface area contributed by atoms with Crippen LogP contribution >= 0.6 is 15.9 Å². The van der Waals surface area contributed by atoms with Crippen LogP contribution in [0.2, 0.25) is 0 Å². The lowest BCUT2D eigenvalue weighted by Crippen LogP contribution is -2.03. The zero-order valence-electron chi connectivity index (χ0n) is 11.9. The lowest BCUT2D eigenvalue weighted by atomic mass is 10.1. The van der Waals surface area contributed by atoms with Crippen molar-refractivity contribution in [3.63, 3.8) is 0 Å². The van der Waals surface area contributed by atoms with Gasteiger partial charge in [-0.15, -0.1) is 0 Å². The van der Waals surface area contributed by atoms with E-state index < -0.39 is 5.97 Å². The molecule has 0 unspecified atom stereocenters. The highest BCUT2D eigenvalue weighted by Crippen LogP contribution is 2.33. The number of esters is 1. The number of methoxy groups -OCH3 is 1. The summed E-state index contributed by atoms with van der Waals surface area (Å²) in [6, 6.07) is 19.0. The van der Waals surface area contributed by atoms with Crippen LogP contribution in [-0.4, -0.2) is 13.1 Å². The zero-order valence-corrected chi connectivity index (χ0v) is 13.5. The number of carbonyl (C=O) groups excluding carboxylic acids is 1. The minimum absolute atomic E-state index is 0.379. The summed E-state index contributed by atoms with van der Waals surface area (Å²) in [5, 5.41) is 2.07. The van der Waals surface area contributed by atoms with Gasteiger partial charge in [-0.25, -0.2) is 4.79 Å². The molecule has 0 N–H and O–H groups in total. The number of rotatable bonds is 3. The molecule has 0 atom stereocenters. The highest BCUT2D eigenvalue weighted by Gasteiger charge is 2.15. The maximum absolute atomic E-state index is 11.9. The summed E-state index contributed by atoms with van der Waals surface area (Å²) in [5.74, 6) is 0.730. The van der Waals surface area contributed by atoms with Crippen molar-refractivity contribution in [2.24, 2.45) is 0 Å². The largest absolute Gasteiger partial charge is 0.465 e. The third-order valence-electron chi connectivity index (χ3n) is 3.32. The van der Waals surface area contributed by atoms with E-state index in [2.05, 4.69) is 15.9 Å². The second kappa shape index (κ2) is 6.20. The quantitative estimate of drug-likeness (QED) is 0.606. The maximum Gasteiger partial charge on any atom is 0.341 e. The van der Waals surface area contributed by atoms with Gasteiger partial charge in [-0.1, -0.05) is 52.3 Å². The van der Waals surface area contributed by atoms with E-state index in [9.17, 15) is 4.79 Å². The zero-order chi connectivity index (χ0) is 15.5. The predicted octanol–water partition coefficient (Wildman–Crippen LogP) is 5.18. The fourth-order valence-corrected chi connectivity index (χ4v) is 2.62. The van der Waals surface area contributed by atoms with Crippen molar-refractivity contribution in [2.75, 3.05) is 7.11 Å². The monoisotopic (exact) mass is 356 g/mol. The second-order valence-electron chi connectivity index (χ2n) is 4.71. The van der Waals surface area contributed by atoms with E-state index >= 15 is 0 Å². The minimum atomic E-state index is -0.434. The third kappa shape index (κ3) is 2.83. The van der Waals surface area contributed by atoms with Gasteiger partial charge in [0.15, 0.2) is 0 Å². The molecule has 0 aliphatic heterocycles. The third-order valence-corrected chi connectivity index (χ3v) is 3.81. The molecule has 0 aromatic heterocycles. The molecule has 3 rings (SSSR count). The molecule has 0 spiro atoms. The van der Waals surface area contributed by atoms with Gasteiger partial charge in [-0.3, -0.25) is 0 Å². The van der Waals surface area contributed by atoms with Crippen LogP contribution in [0.15, 0.2) is 65.1 Å². The van der Waals surface area contributed by atoms with E-state index in [0.717, 1.165) is 15.2 Å². The Hall–Kier alpha value is -2.33. The van der Waals surface area contributed by atoms with Crippen LogP contribution in [0.5, 0.6) is 11.5 Å². The average Bonchev–Trinajstić information content (AvgIpc) is 2.56. The van der Waals surface area contributed by atoms with Crippen molar-refractivity contribution < 1.29 is 14.3 Å². The smallest absolute Gasteiger partial charge is 0.341 e. The fraction of sp³-hybridized carbons (Fsp3) is 0.0556. The van der Waals surface area contributed by atoms with E-state index in [1.54, 1.807) is 12.1 Å². The molecule has 3 aromatic carbocycles. The van der Waals surface area contributed by atoms with Crippen molar-refractivity contribution in [1.29, 1.82) is 0 Å². The Kier molecular flexibility index (Phi) is 4.11. The highest BCUT2D eigenvalue weighted by molar-refractivity contribution is 9.10. The molecule has 4 heteroatoms. The second-order valence-corrected chi connectivity index (χ2v) is 5.63. The molecule has 0 saturated carbocycles. The van der Waals surface area contributed by atoms with Gasteiger partial charge in [-0.05, 0) is 29.7 Å². The lowest BCUT2D eigenvalue weighted by molar-refractivity contribution is 0.0598. The Morgan fingerprint density at radius 2 is 1.73 bits per heavy atom. The molecule has 0 radical (unpaired) electrons. The van der Waals surface area contributed by atoms with Gasteiger partial charge in [0.1, 0.15) is 17.1 Å². The summed E-state index contributed by atoms with van der Waals surface area (Å²) in [5.41, 5.74) is 0.379. The van der Waals surface area contributed by atoms with Crippen LogP contribution in [0.25, 0.3) is 10.8 Å². The molecule has 110 valence electrons. The number of benzene rings is 3. The lowest BCUT2D eigenvalue weighted by Gasteiger charge is -2.12. The molecule has 0 aliphatic rings. The molecule has 0 saturated heterocycles. The molecular formula is C18H13BrO3. The summed E-state index contributed by atoms with van der Waals surface area (Å²) >= 11 is 3.36. The number of hydrogen-bond donors (Lipinski definition) is 0. The van der Waals surface area contributed by atoms with Crippen LogP contribution in [0.3, 0.4) is 0 Å². The summed E-state index contributed by atoms with van der Waals surface area (Å²) < 4.78 is 11.6. The van der Waals surface area contributed by atoms with Crippen molar-refractivity contribution >= 4 is 32.7 Å². The van der Waals surface area contributed by atoms with Crippen LogP contribution in [0.4, 0.5) is 0 Å². The van der Waals surface area contributed by atoms with Crippen LogP contribution in [-0.2, 0) is 4.74 Å². The molecule has 0 heterocycles. The number of fused-ring (bicyclic) bond motifs is 1. The Bertz CT molecular complexity index is 837. The van der Waals surface area contributed by atoms with Crippen molar-refractivity contribution in [3.8, 4) is 11.5 Å². The molecule has 0 amide bonds. The van der Waals surface area contributed by atoms with E-state index in [0.29, 0.717) is 17.1 Å². The molecule has 3 nitrogen and oxygen atoms in total. The molecule has 3 aromatic rings. The van der Waals surface area contributed by atoms with Crippen molar-refractivity contribution in [2.45, 2.75) is 0 Å². The van der Waals surface area contributed by atoms with Crippen LogP contribution < -0.4 is 4.74 Å². The Labute approximate surface area is 136 Å². The van der Waals surface area contributed by atoms with E-state index in [1.165, 1.54) is 7.11 Å². The van der Waals surface area contributed by atoms with Crippen molar-refractivity contribution in [1.82, 2.24) is 0 Å². The van der Waals surface area contributed by atoms with Gasteiger partial charge in [0.25, 0.3) is 0 Å². The van der Waals surface area contributed by atoms with E-state index in [-0.39, 0.29) is 0 Å². The Morgan fingerprint density at radius 1 is 0.955 bits per heavy atom. The maximum atomic E-state index is 11.9. The van der Waals surface area contributed by atoms with Gasteiger partial charge in [0.2, 0.25) is 0 Å². The van der Waals surface area contributed by atoms with Gasteiger partial charge in [0, 0.05) is 9.86 Å². The average molecular weight is 357 g/mol. The van der Waals surface area contributed by atoms with Gasteiger partial charge in [0.05, 0.1) is 7.11 Å². The Morgan fingerprint density at radius 3 is 2.55 bits per heavy atom. The molecule has 22 heavy (non-hydrogen) atoms. The SMILES string of the molecule is COC(=O)c1cc(Br)ccc1Oc1cccc2ccccc12. The molecule has 0 fully saturated rings. The summed E-state index contributed by atoms with van der Waals surface area (Å²) in [7, 11) is 1.35. The molecule has 0 aliphatic carbocycles. The number of halogens is 1. The predicted molar refractivity (Wildman–Crippen MR) is 89.5 cm³/mol.